The molecular formula is C25H27N3O2. The number of hydrogen-bond acceptors (Lipinski definition) is 5. The van der Waals surface area contributed by atoms with E-state index in [1.807, 2.05) is 49.5 Å². The van der Waals surface area contributed by atoms with E-state index in [4.69, 9.17) is 9.72 Å². The molecule has 0 amide bonds. The molecule has 1 aliphatic carbocycles. The molecule has 5 nitrogen and oxygen atoms in total. The minimum atomic E-state index is -0.0641. The largest absolute Gasteiger partial charge is 0.466 e. The number of rotatable bonds is 6. The quantitative estimate of drug-likeness (QED) is 0.565. The molecule has 0 unspecified atom stereocenters. The maximum Gasteiger partial charge on any atom is 0.308 e. The Balaban J connectivity index is 1.53. The van der Waals surface area contributed by atoms with Crippen LogP contribution in [0.15, 0.2) is 66.9 Å². The summed E-state index contributed by atoms with van der Waals surface area (Å²) in [6, 6.07) is 20.7. The maximum absolute atomic E-state index is 12.0. The lowest BCUT2D eigenvalue weighted by atomic mass is 9.86. The van der Waals surface area contributed by atoms with Crippen LogP contribution in [-0.2, 0) is 9.53 Å². The number of nitrogens with one attached hydrogen (secondary N) is 1. The Morgan fingerprint density at radius 1 is 0.967 bits per heavy atom. The van der Waals surface area contributed by atoms with Gasteiger partial charge in [-0.15, -0.1) is 0 Å². The lowest BCUT2D eigenvalue weighted by Gasteiger charge is -2.28. The van der Waals surface area contributed by atoms with Crippen molar-refractivity contribution in [2.75, 3.05) is 11.9 Å². The highest BCUT2D eigenvalue weighted by Gasteiger charge is 2.27. The zero-order valence-electron chi connectivity index (χ0n) is 17.3. The molecule has 0 radical (unpaired) electrons. The molecule has 0 bridgehead atoms. The highest BCUT2D eigenvalue weighted by atomic mass is 16.5. The number of nitrogens with zero attached hydrogens (tertiary/aromatic N) is 2. The molecule has 154 valence electrons. The highest BCUT2D eigenvalue weighted by Crippen LogP contribution is 2.32. The van der Waals surface area contributed by atoms with Crippen LogP contribution in [-0.4, -0.2) is 28.6 Å². The monoisotopic (exact) mass is 401 g/mol. The van der Waals surface area contributed by atoms with Crippen molar-refractivity contribution < 1.29 is 9.53 Å². The Labute approximate surface area is 177 Å². The molecule has 1 aromatic heterocycles. The van der Waals surface area contributed by atoms with Gasteiger partial charge in [0.25, 0.3) is 0 Å². The van der Waals surface area contributed by atoms with Crippen LogP contribution in [0, 0.1) is 5.92 Å². The molecule has 1 N–H and O–H groups in total. The van der Waals surface area contributed by atoms with E-state index in [-0.39, 0.29) is 17.9 Å². The molecule has 0 spiro atoms. The summed E-state index contributed by atoms with van der Waals surface area (Å²) in [5.41, 5.74) is 4.09. The average Bonchev–Trinajstić information content (AvgIpc) is 2.81. The molecule has 2 aromatic carbocycles. The fraction of sp³-hybridized carbons (Fsp3) is 0.320. The van der Waals surface area contributed by atoms with Crippen molar-refractivity contribution in [1.82, 2.24) is 9.97 Å². The Bertz CT molecular complexity index is 968. The third kappa shape index (κ3) is 4.67. The molecule has 0 atom stereocenters. The summed E-state index contributed by atoms with van der Waals surface area (Å²) < 4.78 is 5.17. The van der Waals surface area contributed by atoms with Gasteiger partial charge in [-0.2, -0.15) is 0 Å². The van der Waals surface area contributed by atoms with E-state index < -0.39 is 0 Å². The van der Waals surface area contributed by atoms with Gasteiger partial charge in [0.05, 0.1) is 18.2 Å². The molecule has 1 fully saturated rings. The molecular weight excluding hydrogens is 374 g/mol. The van der Waals surface area contributed by atoms with Crippen LogP contribution < -0.4 is 5.32 Å². The molecule has 4 rings (SSSR count). The molecule has 5 heteroatoms. The molecule has 1 aliphatic rings. The first-order valence-electron chi connectivity index (χ1n) is 10.7. The lowest BCUT2D eigenvalue weighted by Crippen LogP contribution is -2.30. The first-order chi connectivity index (χ1) is 14.7. The number of hydrogen-bond donors (Lipinski definition) is 1. The predicted octanol–water partition coefficient (Wildman–Crippen LogP) is 5.34. The van der Waals surface area contributed by atoms with E-state index in [1.165, 1.54) is 0 Å². The van der Waals surface area contributed by atoms with Crippen LogP contribution in [0.3, 0.4) is 0 Å². The fourth-order valence-corrected chi connectivity index (χ4v) is 4.01. The maximum atomic E-state index is 12.0. The second-order valence-corrected chi connectivity index (χ2v) is 7.63. The van der Waals surface area contributed by atoms with Gasteiger partial charge in [-0.25, -0.2) is 9.97 Å². The van der Waals surface area contributed by atoms with Crippen molar-refractivity contribution in [3.63, 3.8) is 0 Å². The number of anilines is 1. The SMILES string of the molecule is CCOC(=O)[C@H]1CC[C@H](Nc2ncc(-c3ccccc3)c(-c3ccccc3)n2)CC1. The van der Waals surface area contributed by atoms with Crippen molar-refractivity contribution in [3.8, 4) is 22.4 Å². The minimum absolute atomic E-state index is 0.0178. The number of carbonyl (C=O) groups excluding carboxylic acids is 1. The minimum Gasteiger partial charge on any atom is -0.466 e. The second kappa shape index (κ2) is 9.53. The van der Waals surface area contributed by atoms with Crippen molar-refractivity contribution in [3.05, 3.63) is 66.9 Å². The van der Waals surface area contributed by atoms with Crippen LogP contribution in [0.4, 0.5) is 5.95 Å². The zero-order valence-corrected chi connectivity index (χ0v) is 17.3. The van der Waals surface area contributed by atoms with Crippen LogP contribution in [0.5, 0.6) is 0 Å². The van der Waals surface area contributed by atoms with Gasteiger partial charge in [0.1, 0.15) is 0 Å². The van der Waals surface area contributed by atoms with Crippen LogP contribution in [0.2, 0.25) is 0 Å². The Morgan fingerprint density at radius 3 is 2.23 bits per heavy atom. The molecule has 1 saturated carbocycles. The molecule has 0 saturated heterocycles. The predicted molar refractivity (Wildman–Crippen MR) is 119 cm³/mol. The Kier molecular flexibility index (Phi) is 6.38. The van der Waals surface area contributed by atoms with Crippen LogP contribution >= 0.6 is 0 Å². The first-order valence-corrected chi connectivity index (χ1v) is 10.7. The van der Waals surface area contributed by atoms with E-state index in [0.717, 1.165) is 48.1 Å². The molecule has 0 aliphatic heterocycles. The first kappa shape index (κ1) is 20.1. The van der Waals surface area contributed by atoms with E-state index in [0.29, 0.717) is 12.6 Å². The summed E-state index contributed by atoms with van der Waals surface area (Å²) in [5, 5.41) is 3.49. The number of ether oxygens (including phenoxy) is 1. The van der Waals surface area contributed by atoms with Gasteiger partial charge in [0.15, 0.2) is 0 Å². The van der Waals surface area contributed by atoms with Gasteiger partial charge >= 0.3 is 5.97 Å². The summed E-state index contributed by atoms with van der Waals surface area (Å²) in [7, 11) is 0. The van der Waals surface area contributed by atoms with Crippen molar-refractivity contribution in [2.45, 2.75) is 38.6 Å². The van der Waals surface area contributed by atoms with Gasteiger partial charge < -0.3 is 10.1 Å². The molecule has 30 heavy (non-hydrogen) atoms. The van der Waals surface area contributed by atoms with Crippen LogP contribution in [0.25, 0.3) is 22.4 Å². The van der Waals surface area contributed by atoms with E-state index in [9.17, 15) is 4.79 Å². The number of benzene rings is 2. The van der Waals surface area contributed by atoms with Crippen LogP contribution in [0.1, 0.15) is 32.6 Å². The Hall–Kier alpha value is -3.21. The van der Waals surface area contributed by atoms with Crippen molar-refractivity contribution >= 4 is 11.9 Å². The summed E-state index contributed by atoms with van der Waals surface area (Å²) in [6.45, 7) is 2.30. The standard InChI is InChI=1S/C25H27N3O2/c1-2-30-24(29)20-13-15-21(16-14-20)27-25-26-17-22(18-9-5-3-6-10-18)23(28-25)19-11-7-4-8-12-19/h3-12,17,20-21H,2,13-16H2,1H3,(H,26,27,28)/t20-,21-. The van der Waals surface area contributed by atoms with Gasteiger partial charge in [-0.05, 0) is 38.2 Å². The lowest BCUT2D eigenvalue weighted by molar-refractivity contribution is -0.149. The highest BCUT2D eigenvalue weighted by molar-refractivity contribution is 5.80. The third-order valence-electron chi connectivity index (χ3n) is 5.60. The zero-order chi connectivity index (χ0) is 20.8. The van der Waals surface area contributed by atoms with Crippen molar-refractivity contribution in [2.24, 2.45) is 5.92 Å². The van der Waals surface area contributed by atoms with Crippen molar-refractivity contribution in [1.29, 1.82) is 0 Å². The number of carbonyl (C=O) groups is 1. The topological polar surface area (TPSA) is 64.1 Å². The molecule has 3 aromatic rings. The molecule has 1 heterocycles. The smallest absolute Gasteiger partial charge is 0.308 e. The second-order valence-electron chi connectivity index (χ2n) is 7.63. The average molecular weight is 402 g/mol. The summed E-state index contributed by atoms with van der Waals surface area (Å²) in [5.74, 6) is 0.586. The summed E-state index contributed by atoms with van der Waals surface area (Å²) in [4.78, 5) is 21.5. The fourth-order valence-electron chi connectivity index (χ4n) is 4.01. The van der Waals surface area contributed by atoms with Gasteiger partial charge in [-0.3, -0.25) is 4.79 Å². The number of esters is 1. The van der Waals surface area contributed by atoms with Gasteiger partial charge in [-0.1, -0.05) is 60.7 Å². The van der Waals surface area contributed by atoms with Gasteiger partial charge in [0, 0.05) is 23.4 Å². The van der Waals surface area contributed by atoms with E-state index in [2.05, 4.69) is 34.6 Å². The van der Waals surface area contributed by atoms with E-state index in [1.54, 1.807) is 0 Å². The summed E-state index contributed by atoms with van der Waals surface area (Å²) >= 11 is 0. The summed E-state index contributed by atoms with van der Waals surface area (Å²) in [6.07, 6.45) is 5.40. The van der Waals surface area contributed by atoms with Gasteiger partial charge in [0.2, 0.25) is 5.95 Å². The van der Waals surface area contributed by atoms with E-state index >= 15 is 0 Å². The normalized spacial score (nSPS) is 18.6. The third-order valence-corrected chi connectivity index (χ3v) is 5.60. The number of aromatic nitrogens is 2. The Morgan fingerprint density at radius 2 is 1.60 bits per heavy atom.